The number of amides is 2. The fraction of sp³-hybridized carbons (Fsp3) is 0.769. The number of likely N-dealkylation sites (tertiary alicyclic amines) is 1. The maximum Gasteiger partial charge on any atom is 0.306 e. The molecule has 6 nitrogen and oxygen atoms in total. The molecule has 19 heavy (non-hydrogen) atoms. The van der Waals surface area contributed by atoms with Crippen LogP contribution in [0.5, 0.6) is 0 Å². The van der Waals surface area contributed by atoms with Crippen LogP contribution in [-0.2, 0) is 14.4 Å². The zero-order chi connectivity index (χ0) is 13.8. The molecule has 1 aliphatic heterocycles. The van der Waals surface area contributed by atoms with Gasteiger partial charge in [0.05, 0.1) is 12.5 Å². The van der Waals surface area contributed by atoms with Crippen LogP contribution in [0.3, 0.4) is 0 Å². The van der Waals surface area contributed by atoms with Crippen molar-refractivity contribution in [1.82, 2.24) is 10.2 Å². The molecule has 1 heterocycles. The third-order valence-corrected chi connectivity index (χ3v) is 3.86. The quantitative estimate of drug-likeness (QED) is 0.771. The van der Waals surface area contributed by atoms with Gasteiger partial charge >= 0.3 is 5.97 Å². The van der Waals surface area contributed by atoms with Crippen LogP contribution in [0.15, 0.2) is 0 Å². The van der Waals surface area contributed by atoms with Gasteiger partial charge in [-0.2, -0.15) is 0 Å². The van der Waals surface area contributed by atoms with Crippen molar-refractivity contribution >= 4 is 17.8 Å². The van der Waals surface area contributed by atoms with E-state index in [1.54, 1.807) is 4.90 Å². The first kappa shape index (κ1) is 13.8. The second kappa shape index (κ2) is 6.04. The molecule has 0 aromatic heterocycles. The van der Waals surface area contributed by atoms with E-state index in [4.69, 9.17) is 5.11 Å². The Morgan fingerprint density at radius 1 is 1.26 bits per heavy atom. The van der Waals surface area contributed by atoms with Gasteiger partial charge in [0.2, 0.25) is 11.8 Å². The van der Waals surface area contributed by atoms with Gasteiger partial charge in [-0.05, 0) is 25.7 Å². The van der Waals surface area contributed by atoms with E-state index in [0.717, 1.165) is 19.3 Å². The molecule has 0 unspecified atom stereocenters. The minimum atomic E-state index is -0.798. The molecular formula is C13H20N2O4. The minimum Gasteiger partial charge on any atom is -0.481 e. The number of carbonyl (C=O) groups is 3. The van der Waals surface area contributed by atoms with Crippen molar-refractivity contribution in [2.24, 2.45) is 5.92 Å². The van der Waals surface area contributed by atoms with Crippen LogP contribution in [0.25, 0.3) is 0 Å². The molecule has 1 saturated carbocycles. The second-order valence-corrected chi connectivity index (χ2v) is 5.40. The van der Waals surface area contributed by atoms with E-state index in [1.807, 2.05) is 0 Å². The summed E-state index contributed by atoms with van der Waals surface area (Å²) in [7, 11) is 0. The first-order valence-corrected chi connectivity index (χ1v) is 6.86. The average molecular weight is 268 g/mol. The molecule has 0 atom stereocenters. The summed E-state index contributed by atoms with van der Waals surface area (Å²) in [5, 5.41) is 11.5. The molecule has 1 aliphatic carbocycles. The summed E-state index contributed by atoms with van der Waals surface area (Å²) in [6.45, 7) is 0.752. The fourth-order valence-electron chi connectivity index (χ4n) is 2.59. The Balaban J connectivity index is 1.72. The highest BCUT2D eigenvalue weighted by Crippen LogP contribution is 2.27. The Bertz CT molecular complexity index is 377. The van der Waals surface area contributed by atoms with Crippen molar-refractivity contribution in [3.8, 4) is 0 Å². The zero-order valence-corrected chi connectivity index (χ0v) is 10.9. The van der Waals surface area contributed by atoms with Gasteiger partial charge in [0.25, 0.3) is 0 Å². The number of aliphatic carboxylic acids is 1. The second-order valence-electron chi connectivity index (χ2n) is 5.40. The maximum absolute atomic E-state index is 11.8. The number of rotatable bonds is 4. The summed E-state index contributed by atoms with van der Waals surface area (Å²) in [6, 6.07) is -0.0457. The number of carbonyl (C=O) groups excluding carboxylic acids is 2. The summed E-state index contributed by atoms with van der Waals surface area (Å²) in [6.07, 6.45) is 4.40. The third kappa shape index (κ3) is 3.68. The van der Waals surface area contributed by atoms with Crippen molar-refractivity contribution in [1.29, 1.82) is 0 Å². The van der Waals surface area contributed by atoms with Crippen molar-refractivity contribution < 1.29 is 19.5 Å². The number of hydrogen-bond acceptors (Lipinski definition) is 3. The average Bonchev–Trinajstić information content (AvgIpc) is 2.48. The lowest BCUT2D eigenvalue weighted by Crippen LogP contribution is -2.50. The fourth-order valence-corrected chi connectivity index (χ4v) is 2.59. The molecule has 0 bridgehead atoms. The summed E-state index contributed by atoms with van der Waals surface area (Å²) in [5.41, 5.74) is 0. The predicted octanol–water partition coefficient (Wildman–Crippen LogP) is 0.368. The lowest BCUT2D eigenvalue weighted by molar-refractivity contribution is -0.146. The van der Waals surface area contributed by atoms with Crippen LogP contribution in [0.4, 0.5) is 0 Å². The maximum atomic E-state index is 11.8. The molecule has 2 fully saturated rings. The summed E-state index contributed by atoms with van der Waals surface area (Å²) in [4.78, 5) is 35.8. The summed E-state index contributed by atoms with van der Waals surface area (Å²) < 4.78 is 0. The van der Waals surface area contributed by atoms with Crippen molar-refractivity contribution in [2.75, 3.05) is 13.1 Å². The normalized spacial score (nSPS) is 27.4. The van der Waals surface area contributed by atoms with E-state index in [2.05, 4.69) is 5.32 Å². The van der Waals surface area contributed by atoms with Gasteiger partial charge in [-0.1, -0.05) is 6.42 Å². The van der Waals surface area contributed by atoms with E-state index < -0.39 is 5.97 Å². The van der Waals surface area contributed by atoms with Gasteiger partial charge in [-0.25, -0.2) is 0 Å². The number of nitrogens with zero attached hydrogens (tertiary/aromatic N) is 1. The van der Waals surface area contributed by atoms with Crippen LogP contribution in [0.1, 0.15) is 38.5 Å². The molecule has 6 heteroatoms. The van der Waals surface area contributed by atoms with Crippen molar-refractivity contribution in [2.45, 2.75) is 44.6 Å². The topological polar surface area (TPSA) is 86.7 Å². The molecule has 106 valence electrons. The Morgan fingerprint density at radius 2 is 2.00 bits per heavy atom. The molecule has 2 aliphatic rings. The lowest BCUT2D eigenvalue weighted by atomic mass is 9.80. The molecule has 0 radical (unpaired) electrons. The number of carboxylic acid groups (broad SMARTS) is 1. The number of nitrogens with one attached hydrogen (secondary N) is 1. The highest BCUT2D eigenvalue weighted by molar-refractivity contribution is 5.85. The highest BCUT2D eigenvalue weighted by atomic mass is 16.4. The Hall–Kier alpha value is -1.59. The molecule has 2 rings (SSSR count). The molecule has 2 amide bonds. The Morgan fingerprint density at radius 3 is 2.68 bits per heavy atom. The zero-order valence-electron chi connectivity index (χ0n) is 10.9. The van der Waals surface area contributed by atoms with Gasteiger partial charge < -0.3 is 15.3 Å². The number of hydrogen-bond donors (Lipinski definition) is 2. The molecule has 0 aromatic rings. The predicted molar refractivity (Wildman–Crippen MR) is 67.3 cm³/mol. The van der Waals surface area contributed by atoms with E-state index in [9.17, 15) is 14.4 Å². The molecule has 2 N–H and O–H groups in total. The minimum absolute atomic E-state index is 0.0457. The Labute approximate surface area is 112 Å². The van der Waals surface area contributed by atoms with Gasteiger partial charge in [-0.3, -0.25) is 14.4 Å². The lowest BCUT2D eigenvalue weighted by Gasteiger charge is -2.33. The van der Waals surface area contributed by atoms with Crippen molar-refractivity contribution in [3.05, 3.63) is 0 Å². The van der Waals surface area contributed by atoms with Crippen LogP contribution in [-0.4, -0.2) is 46.9 Å². The monoisotopic (exact) mass is 268 g/mol. The van der Waals surface area contributed by atoms with E-state index in [-0.39, 0.29) is 30.3 Å². The number of carboxylic acids is 1. The first-order chi connectivity index (χ1) is 9.06. The smallest absolute Gasteiger partial charge is 0.306 e. The summed E-state index contributed by atoms with van der Waals surface area (Å²) >= 11 is 0. The molecule has 0 spiro atoms. The molecule has 1 saturated heterocycles. The molecular weight excluding hydrogens is 248 g/mol. The van der Waals surface area contributed by atoms with Crippen molar-refractivity contribution in [3.63, 3.8) is 0 Å². The van der Waals surface area contributed by atoms with Gasteiger partial charge in [0.1, 0.15) is 0 Å². The molecule has 0 aromatic carbocycles. The summed E-state index contributed by atoms with van der Waals surface area (Å²) in [5.74, 6) is -1.26. The van der Waals surface area contributed by atoms with Crippen LogP contribution < -0.4 is 5.32 Å². The largest absolute Gasteiger partial charge is 0.481 e. The third-order valence-electron chi connectivity index (χ3n) is 3.86. The Kier molecular flexibility index (Phi) is 4.39. The van der Waals surface area contributed by atoms with Gasteiger partial charge in [-0.15, -0.1) is 0 Å². The van der Waals surface area contributed by atoms with Crippen LogP contribution >= 0.6 is 0 Å². The van der Waals surface area contributed by atoms with E-state index in [1.165, 1.54) is 0 Å². The highest BCUT2D eigenvalue weighted by Gasteiger charge is 2.35. The van der Waals surface area contributed by atoms with Crippen LogP contribution in [0, 0.1) is 5.92 Å². The van der Waals surface area contributed by atoms with E-state index in [0.29, 0.717) is 25.8 Å². The standard InChI is InChI=1S/C13H20N2O4/c16-11(14-10-6-9(7-10)13(18)19)8-15-5-3-1-2-4-12(15)17/h9-10H,1-8H2,(H,14,16)(H,18,19). The van der Waals surface area contributed by atoms with Gasteiger partial charge in [0.15, 0.2) is 0 Å². The first-order valence-electron chi connectivity index (χ1n) is 6.86. The van der Waals surface area contributed by atoms with Crippen LogP contribution in [0.2, 0.25) is 0 Å². The van der Waals surface area contributed by atoms with Gasteiger partial charge in [0, 0.05) is 19.0 Å². The SMILES string of the molecule is O=C(CN1CCCCCC1=O)NC1CC(C(=O)O)C1. The van der Waals surface area contributed by atoms with E-state index >= 15 is 0 Å².